The number of rotatable bonds is 4. The summed E-state index contributed by atoms with van der Waals surface area (Å²) in [5.74, 6) is 0.867. The van der Waals surface area contributed by atoms with E-state index in [1.165, 1.54) is 9.87 Å². The molecular formula is C22H26N2O4S. The third-order valence-electron chi connectivity index (χ3n) is 5.74. The summed E-state index contributed by atoms with van der Waals surface area (Å²) in [6.45, 7) is 0.496. The SMILES string of the molecule is COc1ccc2c(c1)CCC[C@H]2NC(=O)c1ccc(N2CCCCS2(=O)=O)cc1. The van der Waals surface area contributed by atoms with Gasteiger partial charge in [0.1, 0.15) is 5.75 Å². The highest BCUT2D eigenvalue weighted by atomic mass is 32.2. The van der Waals surface area contributed by atoms with Crippen molar-refractivity contribution in [3.05, 3.63) is 59.2 Å². The molecule has 0 spiro atoms. The van der Waals surface area contributed by atoms with Crippen molar-refractivity contribution >= 4 is 21.6 Å². The first-order chi connectivity index (χ1) is 14.0. The fraction of sp³-hybridized carbons (Fsp3) is 0.409. The first-order valence-electron chi connectivity index (χ1n) is 10.1. The molecule has 154 valence electrons. The van der Waals surface area contributed by atoms with Crippen LogP contribution in [0.4, 0.5) is 5.69 Å². The highest BCUT2D eigenvalue weighted by molar-refractivity contribution is 7.92. The molecule has 7 heteroatoms. The molecule has 1 amide bonds. The van der Waals surface area contributed by atoms with E-state index in [0.717, 1.165) is 37.0 Å². The molecule has 0 unspecified atom stereocenters. The normalized spacial score (nSPS) is 20.6. The lowest BCUT2D eigenvalue weighted by Crippen LogP contribution is -2.37. The number of amides is 1. The Morgan fingerprint density at radius 1 is 1.10 bits per heavy atom. The maximum Gasteiger partial charge on any atom is 0.251 e. The quantitative estimate of drug-likeness (QED) is 0.832. The lowest BCUT2D eigenvalue weighted by molar-refractivity contribution is 0.0933. The standard InChI is InChI=1S/C22H26N2O4S/c1-28-19-11-12-20-17(15-19)5-4-6-21(20)23-22(25)16-7-9-18(10-8-16)24-13-2-3-14-29(24,26)27/h7-12,15,21H,2-6,13-14H2,1H3,(H,23,25)/t21-/m1/s1. The molecule has 29 heavy (non-hydrogen) atoms. The van der Waals surface area contributed by atoms with Gasteiger partial charge in [0.2, 0.25) is 10.0 Å². The summed E-state index contributed by atoms with van der Waals surface area (Å²) in [7, 11) is -1.59. The van der Waals surface area contributed by atoms with Gasteiger partial charge in [-0.25, -0.2) is 8.42 Å². The van der Waals surface area contributed by atoms with Crippen molar-refractivity contribution in [1.29, 1.82) is 0 Å². The minimum atomic E-state index is -3.25. The molecule has 1 aliphatic carbocycles. The number of benzene rings is 2. The number of fused-ring (bicyclic) bond motifs is 1. The zero-order valence-electron chi connectivity index (χ0n) is 16.6. The van der Waals surface area contributed by atoms with Gasteiger partial charge in [-0.2, -0.15) is 0 Å². The van der Waals surface area contributed by atoms with Gasteiger partial charge in [-0.3, -0.25) is 9.10 Å². The van der Waals surface area contributed by atoms with E-state index in [0.29, 0.717) is 24.2 Å². The van der Waals surface area contributed by atoms with Crippen LogP contribution < -0.4 is 14.4 Å². The van der Waals surface area contributed by atoms with Gasteiger partial charge < -0.3 is 10.1 Å². The predicted molar refractivity (Wildman–Crippen MR) is 113 cm³/mol. The summed E-state index contributed by atoms with van der Waals surface area (Å²) in [6.07, 6.45) is 4.45. The van der Waals surface area contributed by atoms with E-state index in [-0.39, 0.29) is 17.7 Å². The van der Waals surface area contributed by atoms with Crippen LogP contribution in [0.25, 0.3) is 0 Å². The van der Waals surface area contributed by atoms with Gasteiger partial charge in [-0.15, -0.1) is 0 Å². The van der Waals surface area contributed by atoms with Gasteiger partial charge in [0.25, 0.3) is 5.91 Å². The second-order valence-electron chi connectivity index (χ2n) is 7.63. The molecule has 1 atom stereocenters. The van der Waals surface area contributed by atoms with Gasteiger partial charge in [0, 0.05) is 12.1 Å². The third kappa shape index (κ3) is 4.10. The number of ether oxygens (including phenoxy) is 1. The van der Waals surface area contributed by atoms with E-state index >= 15 is 0 Å². The first kappa shape index (κ1) is 19.8. The van der Waals surface area contributed by atoms with E-state index in [1.54, 1.807) is 31.4 Å². The smallest absolute Gasteiger partial charge is 0.251 e. The van der Waals surface area contributed by atoms with Gasteiger partial charge >= 0.3 is 0 Å². The van der Waals surface area contributed by atoms with Crippen molar-refractivity contribution in [2.75, 3.05) is 23.7 Å². The number of aryl methyl sites for hydroxylation is 1. The van der Waals surface area contributed by atoms with Crippen molar-refractivity contribution < 1.29 is 17.9 Å². The Labute approximate surface area is 171 Å². The average molecular weight is 415 g/mol. The molecule has 0 saturated carbocycles. The number of nitrogens with zero attached hydrogens (tertiary/aromatic N) is 1. The lowest BCUT2D eigenvalue weighted by Gasteiger charge is -2.28. The Hall–Kier alpha value is -2.54. The zero-order chi connectivity index (χ0) is 20.4. The molecule has 1 heterocycles. The van der Waals surface area contributed by atoms with Crippen LogP contribution in [0, 0.1) is 0 Å². The van der Waals surface area contributed by atoms with E-state index in [1.807, 2.05) is 18.2 Å². The molecule has 2 aliphatic rings. The zero-order valence-corrected chi connectivity index (χ0v) is 17.4. The molecule has 1 fully saturated rings. The van der Waals surface area contributed by atoms with Gasteiger partial charge in [-0.1, -0.05) is 6.07 Å². The van der Waals surface area contributed by atoms with Crippen molar-refractivity contribution in [3.63, 3.8) is 0 Å². The molecule has 4 rings (SSSR count). The fourth-order valence-corrected chi connectivity index (χ4v) is 5.81. The van der Waals surface area contributed by atoms with Crippen molar-refractivity contribution in [3.8, 4) is 5.75 Å². The highest BCUT2D eigenvalue weighted by Gasteiger charge is 2.26. The lowest BCUT2D eigenvalue weighted by atomic mass is 9.87. The molecule has 1 N–H and O–H groups in total. The van der Waals surface area contributed by atoms with Crippen LogP contribution in [0.15, 0.2) is 42.5 Å². The monoisotopic (exact) mass is 414 g/mol. The molecule has 1 saturated heterocycles. The van der Waals surface area contributed by atoms with Gasteiger partial charge in [0.15, 0.2) is 0 Å². The van der Waals surface area contributed by atoms with Crippen LogP contribution in [-0.2, 0) is 16.4 Å². The predicted octanol–water partition coefficient (Wildman–Crippen LogP) is 3.43. The molecule has 0 radical (unpaired) electrons. The second kappa shape index (κ2) is 8.06. The van der Waals surface area contributed by atoms with Crippen LogP contribution in [0.2, 0.25) is 0 Å². The number of carbonyl (C=O) groups excluding carboxylic acids is 1. The number of sulfonamides is 1. The van der Waals surface area contributed by atoms with E-state index in [2.05, 4.69) is 5.32 Å². The Morgan fingerprint density at radius 2 is 1.90 bits per heavy atom. The number of hydrogen-bond acceptors (Lipinski definition) is 4. The first-order valence-corrected chi connectivity index (χ1v) is 11.7. The maximum absolute atomic E-state index is 12.8. The number of carbonyl (C=O) groups is 1. The number of methoxy groups -OCH3 is 1. The molecular weight excluding hydrogens is 388 g/mol. The minimum Gasteiger partial charge on any atom is -0.497 e. The van der Waals surface area contributed by atoms with E-state index in [9.17, 15) is 13.2 Å². The molecule has 6 nitrogen and oxygen atoms in total. The number of hydrogen-bond donors (Lipinski definition) is 1. The Kier molecular flexibility index (Phi) is 5.50. The topological polar surface area (TPSA) is 75.7 Å². The fourth-order valence-electron chi connectivity index (χ4n) is 4.17. The number of nitrogens with one attached hydrogen (secondary N) is 1. The van der Waals surface area contributed by atoms with Crippen LogP contribution >= 0.6 is 0 Å². The van der Waals surface area contributed by atoms with Crippen LogP contribution in [-0.4, -0.2) is 33.7 Å². The Bertz CT molecular complexity index is 1000. The Morgan fingerprint density at radius 3 is 2.62 bits per heavy atom. The van der Waals surface area contributed by atoms with E-state index < -0.39 is 10.0 Å². The third-order valence-corrected chi connectivity index (χ3v) is 7.61. The van der Waals surface area contributed by atoms with Gasteiger partial charge in [-0.05, 0) is 79.6 Å². The van der Waals surface area contributed by atoms with Crippen LogP contribution in [0.1, 0.15) is 53.2 Å². The Balaban J connectivity index is 1.49. The molecule has 2 aromatic rings. The molecule has 2 aromatic carbocycles. The maximum atomic E-state index is 12.8. The van der Waals surface area contributed by atoms with Crippen molar-refractivity contribution in [2.45, 2.75) is 38.1 Å². The summed E-state index contributed by atoms with van der Waals surface area (Å²) in [5.41, 5.74) is 3.51. The van der Waals surface area contributed by atoms with Crippen molar-refractivity contribution in [2.24, 2.45) is 0 Å². The van der Waals surface area contributed by atoms with Crippen LogP contribution in [0.3, 0.4) is 0 Å². The number of anilines is 1. The summed E-state index contributed by atoms with van der Waals surface area (Å²) >= 11 is 0. The van der Waals surface area contributed by atoms with E-state index in [4.69, 9.17) is 4.74 Å². The second-order valence-corrected chi connectivity index (χ2v) is 9.64. The highest BCUT2D eigenvalue weighted by Crippen LogP contribution is 2.32. The molecule has 0 aromatic heterocycles. The molecule has 0 bridgehead atoms. The minimum absolute atomic E-state index is 0.0284. The summed E-state index contributed by atoms with van der Waals surface area (Å²) < 4.78 is 31.3. The summed E-state index contributed by atoms with van der Waals surface area (Å²) in [4.78, 5) is 12.8. The van der Waals surface area contributed by atoms with Crippen molar-refractivity contribution in [1.82, 2.24) is 5.32 Å². The summed E-state index contributed by atoms with van der Waals surface area (Å²) in [6, 6.07) is 12.8. The summed E-state index contributed by atoms with van der Waals surface area (Å²) in [5, 5.41) is 3.13. The van der Waals surface area contributed by atoms with Gasteiger partial charge in [0.05, 0.1) is 24.6 Å². The average Bonchev–Trinajstić information content (AvgIpc) is 2.73. The van der Waals surface area contributed by atoms with Crippen LogP contribution in [0.5, 0.6) is 5.75 Å². The largest absolute Gasteiger partial charge is 0.497 e. The molecule has 1 aliphatic heterocycles.